The lowest BCUT2D eigenvalue weighted by Gasteiger charge is -2.17. The van der Waals surface area contributed by atoms with Crippen molar-refractivity contribution in [3.05, 3.63) is 48.5 Å². The minimum Gasteiger partial charge on any atom is -0.316 e. The molecule has 0 aliphatic heterocycles. The first-order valence-electron chi connectivity index (χ1n) is 7.52. The first-order chi connectivity index (χ1) is 10.7. The number of hydrogen-bond acceptors (Lipinski definition) is 3. The summed E-state index contributed by atoms with van der Waals surface area (Å²) >= 11 is 0. The molecule has 0 amide bonds. The standard InChI is InChI=1S/C17H20NO3P/c1-3-20-22(19,4-2)21-13-18-16-11-7-5-9-14(16)15-10-6-8-12-17(15)18/h5-12H,3-4,13H2,1-2H3. The van der Waals surface area contributed by atoms with Gasteiger partial charge in [-0.2, -0.15) is 0 Å². The van der Waals surface area contributed by atoms with Gasteiger partial charge in [-0.25, -0.2) is 0 Å². The van der Waals surface area contributed by atoms with Gasteiger partial charge in [0.1, 0.15) is 6.73 Å². The van der Waals surface area contributed by atoms with Crippen LogP contribution in [0.1, 0.15) is 13.8 Å². The molecule has 116 valence electrons. The zero-order valence-electron chi connectivity index (χ0n) is 12.9. The smallest absolute Gasteiger partial charge is 0.316 e. The number of para-hydroxylation sites is 2. The topological polar surface area (TPSA) is 40.5 Å². The Labute approximate surface area is 130 Å². The minimum absolute atomic E-state index is 0.221. The third-order valence-electron chi connectivity index (χ3n) is 3.78. The van der Waals surface area contributed by atoms with Crippen molar-refractivity contribution in [3.8, 4) is 0 Å². The summed E-state index contributed by atoms with van der Waals surface area (Å²) in [4.78, 5) is 0. The van der Waals surface area contributed by atoms with Crippen LogP contribution in [0.15, 0.2) is 48.5 Å². The normalized spacial score (nSPS) is 14.5. The molecule has 3 aromatic rings. The lowest BCUT2D eigenvalue weighted by molar-refractivity contribution is 0.176. The van der Waals surface area contributed by atoms with Crippen LogP contribution >= 0.6 is 7.60 Å². The van der Waals surface area contributed by atoms with Crippen molar-refractivity contribution in [2.45, 2.75) is 20.6 Å². The second-order valence-electron chi connectivity index (χ2n) is 5.07. The average molecular weight is 317 g/mol. The van der Waals surface area contributed by atoms with Gasteiger partial charge in [-0.15, -0.1) is 0 Å². The molecular weight excluding hydrogens is 297 g/mol. The molecule has 2 aromatic carbocycles. The van der Waals surface area contributed by atoms with E-state index in [9.17, 15) is 4.57 Å². The molecule has 1 heterocycles. The van der Waals surface area contributed by atoms with Crippen molar-refractivity contribution >= 4 is 29.4 Å². The third-order valence-corrected chi connectivity index (χ3v) is 5.71. The fourth-order valence-corrected chi connectivity index (χ4v) is 3.83. The molecule has 0 saturated carbocycles. The van der Waals surface area contributed by atoms with Gasteiger partial charge in [0.05, 0.1) is 17.6 Å². The highest BCUT2D eigenvalue weighted by Crippen LogP contribution is 2.48. The molecule has 3 rings (SSSR count). The van der Waals surface area contributed by atoms with Crippen LogP contribution in [0, 0.1) is 0 Å². The van der Waals surface area contributed by atoms with Crippen molar-refractivity contribution in [1.29, 1.82) is 0 Å². The number of aromatic nitrogens is 1. The summed E-state index contributed by atoms with van der Waals surface area (Å²) in [5.41, 5.74) is 2.14. The van der Waals surface area contributed by atoms with Crippen LogP contribution in [0.25, 0.3) is 21.8 Å². The van der Waals surface area contributed by atoms with Gasteiger partial charge in [-0.05, 0) is 19.1 Å². The molecule has 0 radical (unpaired) electrons. The van der Waals surface area contributed by atoms with Crippen molar-refractivity contribution in [2.24, 2.45) is 0 Å². The number of fused-ring (bicyclic) bond motifs is 3. The summed E-state index contributed by atoms with van der Waals surface area (Å²) in [6, 6.07) is 16.3. The van der Waals surface area contributed by atoms with Crippen LogP contribution in [-0.2, 0) is 20.3 Å². The van der Waals surface area contributed by atoms with E-state index in [0.29, 0.717) is 12.8 Å². The number of nitrogens with zero attached hydrogens (tertiary/aromatic N) is 1. The summed E-state index contributed by atoms with van der Waals surface area (Å²) in [5, 5.41) is 2.34. The zero-order chi connectivity index (χ0) is 15.6. The summed E-state index contributed by atoms with van der Waals surface area (Å²) < 4.78 is 25.5. The molecular formula is C17H20NO3P. The number of rotatable bonds is 6. The molecule has 22 heavy (non-hydrogen) atoms. The SMILES string of the molecule is CCOP(=O)(CC)OCn1c2ccccc2c2ccccc21. The zero-order valence-corrected chi connectivity index (χ0v) is 13.8. The van der Waals surface area contributed by atoms with E-state index in [1.165, 1.54) is 10.8 Å². The Morgan fingerprint density at radius 1 is 0.909 bits per heavy atom. The van der Waals surface area contributed by atoms with Crippen LogP contribution in [0.4, 0.5) is 0 Å². The molecule has 0 N–H and O–H groups in total. The van der Waals surface area contributed by atoms with Gasteiger partial charge in [0.25, 0.3) is 0 Å². The van der Waals surface area contributed by atoms with Crippen molar-refractivity contribution in [1.82, 2.24) is 4.57 Å². The first-order valence-corrected chi connectivity index (χ1v) is 9.25. The highest BCUT2D eigenvalue weighted by Gasteiger charge is 2.22. The van der Waals surface area contributed by atoms with Gasteiger partial charge in [0.15, 0.2) is 0 Å². The quantitative estimate of drug-likeness (QED) is 0.599. The Balaban J connectivity index is 2.04. The van der Waals surface area contributed by atoms with E-state index < -0.39 is 7.60 Å². The predicted octanol–water partition coefficient (Wildman–Crippen LogP) is 5.02. The Bertz CT molecular complexity index is 787. The van der Waals surface area contributed by atoms with E-state index in [1.54, 1.807) is 0 Å². The minimum atomic E-state index is -3.02. The molecule has 0 fully saturated rings. The van der Waals surface area contributed by atoms with Gasteiger partial charge >= 0.3 is 7.60 Å². The van der Waals surface area contributed by atoms with E-state index >= 15 is 0 Å². The molecule has 0 aliphatic carbocycles. The maximum Gasteiger partial charge on any atom is 0.332 e. The monoisotopic (exact) mass is 317 g/mol. The summed E-state index contributed by atoms with van der Waals surface area (Å²) in [6.45, 7) is 4.26. The summed E-state index contributed by atoms with van der Waals surface area (Å²) in [6.07, 6.45) is 0.373. The molecule has 0 aliphatic rings. The lowest BCUT2D eigenvalue weighted by Crippen LogP contribution is -2.04. The Morgan fingerprint density at radius 3 is 1.95 bits per heavy atom. The van der Waals surface area contributed by atoms with Crippen LogP contribution in [0.3, 0.4) is 0 Å². The lowest BCUT2D eigenvalue weighted by atomic mass is 10.2. The van der Waals surface area contributed by atoms with Crippen LogP contribution in [-0.4, -0.2) is 17.3 Å². The molecule has 1 unspecified atom stereocenters. The van der Waals surface area contributed by atoms with Gasteiger partial charge < -0.3 is 9.09 Å². The number of benzene rings is 2. The van der Waals surface area contributed by atoms with Crippen molar-refractivity contribution < 1.29 is 13.6 Å². The van der Waals surface area contributed by atoms with E-state index in [4.69, 9.17) is 9.05 Å². The van der Waals surface area contributed by atoms with E-state index in [1.807, 2.05) is 42.7 Å². The third kappa shape index (κ3) is 2.70. The van der Waals surface area contributed by atoms with Gasteiger partial charge in [-0.1, -0.05) is 43.3 Å². The van der Waals surface area contributed by atoms with E-state index in [0.717, 1.165) is 11.0 Å². The van der Waals surface area contributed by atoms with Crippen molar-refractivity contribution in [3.63, 3.8) is 0 Å². The predicted molar refractivity (Wildman–Crippen MR) is 90.3 cm³/mol. The highest BCUT2D eigenvalue weighted by atomic mass is 31.2. The molecule has 0 saturated heterocycles. The summed E-state index contributed by atoms with van der Waals surface area (Å²) in [7, 11) is -3.02. The van der Waals surface area contributed by atoms with E-state index in [-0.39, 0.29) is 6.73 Å². The Hall–Kier alpha value is -1.61. The second-order valence-corrected chi connectivity index (χ2v) is 7.44. The number of hydrogen-bond donors (Lipinski definition) is 0. The van der Waals surface area contributed by atoms with Gasteiger partial charge in [0.2, 0.25) is 0 Å². The maximum absolute atomic E-state index is 12.5. The summed E-state index contributed by atoms with van der Waals surface area (Å²) in [5.74, 6) is 0. The Morgan fingerprint density at radius 2 is 1.45 bits per heavy atom. The fraction of sp³-hybridized carbons (Fsp3) is 0.294. The molecule has 5 heteroatoms. The van der Waals surface area contributed by atoms with E-state index in [2.05, 4.69) is 24.3 Å². The fourth-order valence-electron chi connectivity index (χ4n) is 2.70. The van der Waals surface area contributed by atoms with Crippen LogP contribution in [0.5, 0.6) is 0 Å². The second kappa shape index (κ2) is 6.25. The molecule has 1 aromatic heterocycles. The largest absolute Gasteiger partial charge is 0.332 e. The van der Waals surface area contributed by atoms with Crippen molar-refractivity contribution in [2.75, 3.05) is 12.8 Å². The van der Waals surface area contributed by atoms with Gasteiger partial charge in [0, 0.05) is 16.9 Å². The molecule has 0 spiro atoms. The van der Waals surface area contributed by atoms with Crippen LogP contribution < -0.4 is 0 Å². The molecule has 4 nitrogen and oxygen atoms in total. The van der Waals surface area contributed by atoms with Gasteiger partial charge in [-0.3, -0.25) is 9.09 Å². The Kier molecular flexibility index (Phi) is 4.34. The first kappa shape index (κ1) is 15.3. The average Bonchev–Trinajstić information content (AvgIpc) is 2.87. The molecule has 0 bridgehead atoms. The maximum atomic E-state index is 12.5. The van der Waals surface area contributed by atoms with Crippen LogP contribution in [0.2, 0.25) is 0 Å². The molecule has 1 atom stereocenters. The highest BCUT2D eigenvalue weighted by molar-refractivity contribution is 7.53.